The second kappa shape index (κ2) is 14.2. The van der Waals surface area contributed by atoms with Gasteiger partial charge in [-0.25, -0.2) is 0 Å². The van der Waals surface area contributed by atoms with Crippen LogP contribution in [0.25, 0.3) is 0 Å². The third kappa shape index (κ3) is 7.38. The van der Waals surface area contributed by atoms with Crippen LogP contribution in [0.2, 0.25) is 10.0 Å². The zero-order chi connectivity index (χ0) is 27.1. The molecule has 3 aromatic rings. The largest absolute Gasteiger partial charge is 1.00 e. The number of ether oxygens (including phenoxy) is 3. The van der Waals surface area contributed by atoms with Gasteiger partial charge >= 0.3 is 29.6 Å². The maximum atomic E-state index is 12.7. The first-order chi connectivity index (χ1) is 18.3. The Labute approximate surface area is 257 Å². The molecule has 0 saturated carbocycles. The number of para-hydroxylation sites is 1. The van der Waals surface area contributed by atoms with Crippen LogP contribution in [0.1, 0.15) is 34.3 Å². The number of benzene rings is 3. The van der Waals surface area contributed by atoms with Crippen molar-refractivity contribution in [1.29, 1.82) is 0 Å². The van der Waals surface area contributed by atoms with Crippen LogP contribution in [0, 0.1) is 0 Å². The molecule has 1 heterocycles. The van der Waals surface area contributed by atoms with E-state index in [2.05, 4.69) is 5.32 Å². The standard InChI is InChI=1S/C28H26Cl2FNO6.Na/c29-20-8-6-18(25(17-20)36-14-3-12-31)10-13-32-26(33)19-7-9-24(22(30)16-19)38-28(27(34)35)11-15-37-23-5-2-1-4-21(23)28;/h1-2,4-9,16-17H,3,10-15H2,(H,32,33)(H,34,35);/q;+1/p-1. The molecule has 1 amide bonds. The molecule has 0 radical (unpaired) electrons. The monoisotopic (exact) mass is 583 g/mol. The molecule has 0 spiro atoms. The first kappa shape index (κ1) is 31.0. The summed E-state index contributed by atoms with van der Waals surface area (Å²) < 4.78 is 29.5. The van der Waals surface area contributed by atoms with Gasteiger partial charge in [0.05, 0.1) is 30.9 Å². The molecule has 0 aliphatic carbocycles. The number of hydrogen-bond acceptors (Lipinski definition) is 6. The Bertz CT molecular complexity index is 1330. The Balaban J connectivity index is 0.00000420. The Morgan fingerprint density at radius 1 is 1.08 bits per heavy atom. The van der Waals surface area contributed by atoms with Crippen LogP contribution < -0.4 is 54.2 Å². The van der Waals surface area contributed by atoms with E-state index in [1.807, 2.05) is 0 Å². The molecule has 39 heavy (non-hydrogen) atoms. The van der Waals surface area contributed by atoms with Gasteiger partial charge in [0, 0.05) is 35.5 Å². The predicted molar refractivity (Wildman–Crippen MR) is 139 cm³/mol. The summed E-state index contributed by atoms with van der Waals surface area (Å²) >= 11 is 12.5. The maximum Gasteiger partial charge on any atom is 1.00 e. The third-order valence-electron chi connectivity index (χ3n) is 6.09. The van der Waals surface area contributed by atoms with Crippen molar-refractivity contribution in [3.05, 3.63) is 87.4 Å². The van der Waals surface area contributed by atoms with Crippen molar-refractivity contribution in [2.45, 2.75) is 24.9 Å². The molecule has 1 atom stereocenters. The molecule has 1 aliphatic rings. The summed E-state index contributed by atoms with van der Waals surface area (Å²) in [5, 5.41) is 15.6. The van der Waals surface area contributed by atoms with Crippen molar-refractivity contribution in [1.82, 2.24) is 5.32 Å². The normalized spacial score (nSPS) is 15.8. The van der Waals surface area contributed by atoms with Gasteiger partial charge in [-0.3, -0.25) is 9.18 Å². The predicted octanol–water partition coefficient (Wildman–Crippen LogP) is 1.51. The van der Waals surface area contributed by atoms with Gasteiger partial charge in [0.15, 0.2) is 5.60 Å². The van der Waals surface area contributed by atoms with Crippen LogP contribution in [0.4, 0.5) is 4.39 Å². The van der Waals surface area contributed by atoms with Gasteiger partial charge in [0.1, 0.15) is 17.2 Å². The number of carbonyl (C=O) groups excluding carboxylic acids is 2. The van der Waals surface area contributed by atoms with E-state index in [1.165, 1.54) is 18.2 Å². The number of halogens is 3. The Hall–Kier alpha value is -2.49. The van der Waals surface area contributed by atoms with E-state index in [1.54, 1.807) is 42.5 Å². The average molecular weight is 584 g/mol. The second-order valence-corrected chi connectivity index (χ2v) is 9.45. The van der Waals surface area contributed by atoms with E-state index in [0.717, 1.165) is 5.56 Å². The van der Waals surface area contributed by atoms with E-state index >= 15 is 0 Å². The Morgan fingerprint density at radius 2 is 1.87 bits per heavy atom. The van der Waals surface area contributed by atoms with Crippen molar-refractivity contribution >= 4 is 35.1 Å². The zero-order valence-electron chi connectivity index (χ0n) is 21.3. The van der Waals surface area contributed by atoms with Crippen LogP contribution >= 0.6 is 23.2 Å². The van der Waals surface area contributed by atoms with Crippen molar-refractivity contribution in [3.8, 4) is 17.2 Å². The first-order valence-corrected chi connectivity index (χ1v) is 12.8. The van der Waals surface area contributed by atoms with Gasteiger partial charge < -0.3 is 29.4 Å². The van der Waals surface area contributed by atoms with E-state index in [-0.39, 0.29) is 77.9 Å². The minimum Gasteiger partial charge on any atom is -0.545 e. The molecule has 0 bridgehead atoms. The topological polar surface area (TPSA) is 96.9 Å². The molecule has 4 rings (SSSR count). The number of hydrogen-bond donors (Lipinski definition) is 1. The molecular formula is C28H25Cl2FNNaO6. The van der Waals surface area contributed by atoms with Crippen LogP contribution in [-0.4, -0.2) is 38.3 Å². The molecule has 11 heteroatoms. The van der Waals surface area contributed by atoms with Crippen LogP contribution in [0.15, 0.2) is 60.7 Å². The molecule has 0 fully saturated rings. The maximum absolute atomic E-state index is 12.7. The molecule has 0 saturated heterocycles. The number of carboxylic acid groups (broad SMARTS) is 1. The first-order valence-electron chi connectivity index (χ1n) is 12.0. The molecule has 1 unspecified atom stereocenters. The van der Waals surface area contributed by atoms with E-state index in [0.29, 0.717) is 35.1 Å². The minimum absolute atomic E-state index is 0. The summed E-state index contributed by atoms with van der Waals surface area (Å²) in [7, 11) is 0. The van der Waals surface area contributed by atoms with Crippen molar-refractivity contribution in [2.24, 2.45) is 0 Å². The quantitative estimate of drug-likeness (QED) is 0.271. The van der Waals surface area contributed by atoms with Gasteiger partial charge in [0.2, 0.25) is 0 Å². The van der Waals surface area contributed by atoms with E-state index in [4.69, 9.17) is 37.4 Å². The SMILES string of the molecule is O=C(NCCc1ccc(Cl)cc1OCCCF)c1ccc(OC2(C(=O)[O-])CCOc3ccccc32)c(Cl)c1.[Na+]. The summed E-state index contributed by atoms with van der Waals surface area (Å²) in [6.07, 6.45) is 0.751. The Morgan fingerprint density at radius 3 is 2.62 bits per heavy atom. The van der Waals surface area contributed by atoms with Gasteiger partial charge in [-0.1, -0.05) is 47.5 Å². The summed E-state index contributed by atoms with van der Waals surface area (Å²) in [6, 6.07) is 16.2. The number of aliphatic carboxylic acids is 1. The van der Waals surface area contributed by atoms with Gasteiger partial charge in [-0.05, 0) is 48.4 Å². The number of carboxylic acids is 1. The number of alkyl halides is 1. The molecular weight excluding hydrogens is 559 g/mol. The smallest absolute Gasteiger partial charge is 0.545 e. The van der Waals surface area contributed by atoms with Gasteiger partial charge in [0.25, 0.3) is 5.91 Å². The minimum atomic E-state index is -1.79. The molecule has 7 nitrogen and oxygen atoms in total. The number of rotatable bonds is 11. The van der Waals surface area contributed by atoms with E-state index < -0.39 is 18.2 Å². The molecule has 200 valence electrons. The van der Waals surface area contributed by atoms with Gasteiger partial charge in [-0.15, -0.1) is 0 Å². The van der Waals surface area contributed by atoms with E-state index in [9.17, 15) is 19.1 Å². The summed E-state index contributed by atoms with van der Waals surface area (Å²) in [6.45, 7) is 0.162. The number of fused-ring (bicyclic) bond motifs is 1. The Kier molecular flexibility index (Phi) is 11.3. The fourth-order valence-corrected chi connectivity index (χ4v) is 4.54. The van der Waals surface area contributed by atoms with Crippen molar-refractivity contribution < 1.29 is 62.9 Å². The zero-order valence-corrected chi connectivity index (χ0v) is 24.8. The van der Waals surface area contributed by atoms with Crippen LogP contribution in [0.3, 0.4) is 0 Å². The molecule has 1 aliphatic heterocycles. The van der Waals surface area contributed by atoms with Crippen molar-refractivity contribution in [2.75, 3.05) is 26.4 Å². The molecule has 3 aromatic carbocycles. The van der Waals surface area contributed by atoms with Gasteiger partial charge in [-0.2, -0.15) is 0 Å². The fraction of sp³-hybridized carbons (Fsp3) is 0.286. The van der Waals surface area contributed by atoms with Crippen LogP contribution in [0.5, 0.6) is 17.2 Å². The number of nitrogens with one attached hydrogen (secondary N) is 1. The summed E-state index contributed by atoms with van der Waals surface area (Å²) in [5.74, 6) is -0.756. The average Bonchev–Trinajstić information content (AvgIpc) is 2.91. The number of amides is 1. The fourth-order valence-electron chi connectivity index (χ4n) is 4.16. The van der Waals surface area contributed by atoms with Crippen LogP contribution in [-0.2, 0) is 16.8 Å². The summed E-state index contributed by atoms with van der Waals surface area (Å²) in [5.41, 5.74) is -0.364. The summed E-state index contributed by atoms with van der Waals surface area (Å²) in [4.78, 5) is 25.0. The van der Waals surface area contributed by atoms with Crippen molar-refractivity contribution in [3.63, 3.8) is 0 Å². The third-order valence-corrected chi connectivity index (χ3v) is 6.62. The molecule has 0 aromatic heterocycles. The number of carbonyl (C=O) groups is 2. The molecule has 1 N–H and O–H groups in total. The second-order valence-electron chi connectivity index (χ2n) is 8.61.